The van der Waals surface area contributed by atoms with Crippen LogP contribution in [0.2, 0.25) is 0 Å². The molecule has 48 heavy (non-hydrogen) atoms. The Kier molecular flexibility index (Phi) is 16.8. The molecule has 2 aromatic carbocycles. The van der Waals surface area contributed by atoms with E-state index in [9.17, 15) is 4.79 Å². The first-order chi connectivity index (χ1) is 23.2. The van der Waals surface area contributed by atoms with Crippen LogP contribution in [0.5, 0.6) is 0 Å². The molecule has 0 aliphatic rings. The monoisotopic (exact) mass is 676 g/mol. The summed E-state index contributed by atoms with van der Waals surface area (Å²) in [6.07, 6.45) is 0.831. The van der Waals surface area contributed by atoms with Crippen molar-refractivity contribution in [2.45, 2.75) is 54.9 Å². The average molecular weight is 677 g/mol. The number of rotatable bonds is 15. The summed E-state index contributed by atoms with van der Waals surface area (Å²) < 4.78 is 31.1. The smallest absolute Gasteiger partial charge is 0.256 e. The fourth-order valence-corrected chi connectivity index (χ4v) is 5.28. The number of pyridine rings is 1. The Hall–Kier alpha value is -4.28. The minimum atomic E-state index is -0.870. The van der Waals surface area contributed by atoms with Crippen LogP contribution in [-0.2, 0) is 0 Å². The first-order valence-corrected chi connectivity index (χ1v) is 17.4. The van der Waals surface area contributed by atoms with Crippen LogP contribution in [0.15, 0.2) is 83.4 Å². The lowest BCUT2D eigenvalue weighted by Crippen LogP contribution is -2.25. The van der Waals surface area contributed by atoms with Crippen molar-refractivity contribution < 1.29 is 8.78 Å². The Labute approximate surface area is 288 Å². The number of nitrogens with one attached hydrogen (secondary N) is 2. The van der Waals surface area contributed by atoms with Crippen LogP contribution in [0.3, 0.4) is 0 Å². The van der Waals surface area contributed by atoms with E-state index in [0.29, 0.717) is 29.9 Å². The van der Waals surface area contributed by atoms with Gasteiger partial charge in [0.25, 0.3) is 5.56 Å². The summed E-state index contributed by atoms with van der Waals surface area (Å²) in [7, 11) is 0. The third kappa shape index (κ3) is 10.1. The van der Waals surface area contributed by atoms with Crippen molar-refractivity contribution in [3.05, 3.63) is 112 Å². The Morgan fingerprint density at radius 3 is 2.29 bits per heavy atom. The first kappa shape index (κ1) is 39.9. The number of benzene rings is 2. The van der Waals surface area contributed by atoms with Gasteiger partial charge in [-0.05, 0) is 73.8 Å². The molecule has 0 amide bonds. The molecule has 0 spiro atoms. The number of anilines is 1. The zero-order valence-electron chi connectivity index (χ0n) is 29.4. The van der Waals surface area contributed by atoms with Gasteiger partial charge in [0.1, 0.15) is 17.3 Å². The lowest BCUT2D eigenvalue weighted by molar-refractivity contribution is 0.303. The third-order valence-corrected chi connectivity index (χ3v) is 7.97. The van der Waals surface area contributed by atoms with E-state index in [4.69, 9.17) is 4.98 Å². The SMILES string of the molecule is C=CSC(=C)CNC(=C)c1ccc(C)c(-c2nc(NCCCN(CC)CC)nc3c2ccc(=O)n3-c2c(F)cccc2F)c1.CC.CC. The van der Waals surface area contributed by atoms with E-state index in [2.05, 4.69) is 54.1 Å². The molecule has 0 aliphatic heterocycles. The highest BCUT2D eigenvalue weighted by molar-refractivity contribution is 8.05. The molecule has 0 saturated heterocycles. The molecule has 2 heterocycles. The van der Waals surface area contributed by atoms with Crippen LogP contribution < -0.4 is 16.2 Å². The van der Waals surface area contributed by atoms with Crippen LogP contribution in [0, 0.1) is 18.6 Å². The van der Waals surface area contributed by atoms with Gasteiger partial charge in [-0.1, -0.05) is 79.5 Å². The van der Waals surface area contributed by atoms with Gasteiger partial charge in [-0.2, -0.15) is 4.98 Å². The zero-order chi connectivity index (χ0) is 35.8. The maximum atomic E-state index is 15.0. The quantitative estimate of drug-likeness (QED) is 0.122. The number of thioether (sulfide) groups is 1. The number of hydrogen-bond acceptors (Lipinski definition) is 7. The second-order valence-electron chi connectivity index (χ2n) is 10.2. The summed E-state index contributed by atoms with van der Waals surface area (Å²) in [5, 5.41) is 8.76. The molecular formula is C38H50F2N6OS. The summed E-state index contributed by atoms with van der Waals surface area (Å²) in [4.78, 5) is 25.9. The lowest BCUT2D eigenvalue weighted by Gasteiger charge is -2.19. The van der Waals surface area contributed by atoms with Crippen LogP contribution in [0.1, 0.15) is 59.1 Å². The van der Waals surface area contributed by atoms with Gasteiger partial charge in [0.05, 0.1) is 5.69 Å². The Balaban J connectivity index is 0.00000193. The lowest BCUT2D eigenvalue weighted by atomic mass is 9.98. The summed E-state index contributed by atoms with van der Waals surface area (Å²) in [5.41, 5.74) is 2.72. The van der Waals surface area contributed by atoms with E-state index in [1.165, 1.54) is 23.9 Å². The largest absolute Gasteiger partial charge is 0.380 e. The van der Waals surface area contributed by atoms with Crippen LogP contribution >= 0.6 is 11.8 Å². The molecular weight excluding hydrogens is 627 g/mol. The second-order valence-corrected chi connectivity index (χ2v) is 11.3. The minimum absolute atomic E-state index is 0.0947. The molecule has 0 bridgehead atoms. The summed E-state index contributed by atoms with van der Waals surface area (Å²) in [5.74, 6) is -1.49. The van der Waals surface area contributed by atoms with Gasteiger partial charge >= 0.3 is 0 Å². The van der Waals surface area contributed by atoms with E-state index in [0.717, 1.165) is 64.4 Å². The van der Waals surface area contributed by atoms with E-state index < -0.39 is 22.9 Å². The maximum absolute atomic E-state index is 15.0. The molecule has 7 nitrogen and oxygen atoms in total. The number of aryl methyl sites for hydroxylation is 1. The van der Waals surface area contributed by atoms with Crippen molar-refractivity contribution in [3.63, 3.8) is 0 Å². The number of fused-ring (bicyclic) bond motifs is 1. The van der Waals surface area contributed by atoms with Crippen molar-refractivity contribution in [2.75, 3.05) is 38.0 Å². The van der Waals surface area contributed by atoms with Crippen molar-refractivity contribution in [3.8, 4) is 16.9 Å². The molecule has 2 aromatic heterocycles. The highest BCUT2D eigenvalue weighted by Gasteiger charge is 2.20. The maximum Gasteiger partial charge on any atom is 0.256 e. The fraction of sp³-hybridized carbons (Fsp3) is 0.342. The molecule has 2 N–H and O–H groups in total. The molecule has 4 aromatic rings. The van der Waals surface area contributed by atoms with Crippen LogP contribution in [-0.4, -0.2) is 52.2 Å². The summed E-state index contributed by atoms with van der Waals surface area (Å²) >= 11 is 1.45. The van der Waals surface area contributed by atoms with Crippen molar-refractivity contribution in [1.29, 1.82) is 0 Å². The van der Waals surface area contributed by atoms with Gasteiger partial charge in [0, 0.05) is 40.7 Å². The van der Waals surface area contributed by atoms with Gasteiger partial charge in [-0.15, -0.1) is 11.8 Å². The van der Waals surface area contributed by atoms with Gasteiger partial charge in [-0.25, -0.2) is 13.8 Å². The topological polar surface area (TPSA) is 75.1 Å². The Morgan fingerprint density at radius 2 is 1.67 bits per heavy atom. The molecule has 258 valence electrons. The normalized spacial score (nSPS) is 10.5. The predicted octanol–water partition coefficient (Wildman–Crippen LogP) is 9.18. The van der Waals surface area contributed by atoms with Gasteiger partial charge < -0.3 is 15.5 Å². The molecule has 0 radical (unpaired) electrons. The molecule has 4 rings (SSSR count). The second kappa shape index (κ2) is 20.2. The van der Waals surface area contributed by atoms with Crippen molar-refractivity contribution in [1.82, 2.24) is 24.8 Å². The van der Waals surface area contributed by atoms with Crippen LogP contribution in [0.4, 0.5) is 14.7 Å². The number of nitrogens with zero attached hydrogens (tertiary/aromatic N) is 4. The highest BCUT2D eigenvalue weighted by Crippen LogP contribution is 2.32. The highest BCUT2D eigenvalue weighted by atomic mass is 32.2. The molecule has 0 fully saturated rings. The number of para-hydroxylation sites is 1. The van der Waals surface area contributed by atoms with Crippen molar-refractivity contribution >= 4 is 34.4 Å². The predicted molar refractivity (Wildman–Crippen MR) is 203 cm³/mol. The molecule has 0 unspecified atom stereocenters. The molecule has 0 saturated carbocycles. The van der Waals surface area contributed by atoms with Gasteiger partial charge in [0.2, 0.25) is 5.95 Å². The zero-order valence-corrected chi connectivity index (χ0v) is 30.2. The number of aromatic nitrogens is 3. The van der Waals surface area contributed by atoms with Gasteiger partial charge in [0.15, 0.2) is 5.65 Å². The number of hydrogen-bond donors (Lipinski definition) is 2. The summed E-state index contributed by atoms with van der Waals surface area (Å²) in [6.45, 7) is 30.0. The average Bonchev–Trinajstić information content (AvgIpc) is 3.10. The van der Waals surface area contributed by atoms with Gasteiger partial charge in [-0.3, -0.25) is 9.36 Å². The minimum Gasteiger partial charge on any atom is -0.380 e. The molecule has 10 heteroatoms. The third-order valence-electron chi connectivity index (χ3n) is 7.33. The van der Waals surface area contributed by atoms with E-state index in [1.54, 1.807) is 11.5 Å². The van der Waals surface area contributed by atoms with Crippen LogP contribution in [0.25, 0.3) is 33.7 Å². The van der Waals surface area contributed by atoms with E-state index in [1.807, 2.05) is 52.8 Å². The number of halogens is 2. The first-order valence-electron chi connectivity index (χ1n) is 16.5. The van der Waals surface area contributed by atoms with Crippen molar-refractivity contribution in [2.24, 2.45) is 0 Å². The molecule has 0 aliphatic carbocycles. The standard InChI is InChI=1S/C34H38F2N6OS.2C2H6/c1-7-41(8-2)19-11-18-37-34-39-31(27-20-25(15-14-22(27)4)24(6)38-21-23(5)44-9-3)26-16-17-30(43)42(33(26)40-34)32-28(35)12-10-13-29(32)36;2*1-2/h9-10,12-17,20,38H,3,5-8,11,18-19,21H2,1-2,4H3,(H,37,39,40);2*1-2H3. The summed E-state index contributed by atoms with van der Waals surface area (Å²) in [6, 6.07) is 12.2. The van der Waals surface area contributed by atoms with E-state index in [-0.39, 0.29) is 11.6 Å². The Bertz CT molecular complexity index is 1730. The van der Waals surface area contributed by atoms with E-state index >= 15 is 8.78 Å². The Morgan fingerprint density at radius 1 is 1.00 bits per heavy atom. The fourth-order valence-electron chi connectivity index (χ4n) is 4.89. The molecule has 0 atom stereocenters.